The molecule has 1 aliphatic rings. The minimum Gasteiger partial charge on any atom is -0.362 e. The van der Waals surface area contributed by atoms with Crippen LogP contribution in [0.4, 0.5) is 8.78 Å². The third-order valence-electron chi connectivity index (χ3n) is 2.55. The van der Waals surface area contributed by atoms with Gasteiger partial charge >= 0.3 is 0 Å². The molecule has 1 aromatic carbocycles. The number of halogens is 2. The SMILES string of the molecule is CC1CCSC(=NCc2ccc(F)c(F)c2)N1. The van der Waals surface area contributed by atoms with Gasteiger partial charge in [-0.15, -0.1) is 0 Å². The van der Waals surface area contributed by atoms with Gasteiger partial charge in [-0.05, 0) is 31.0 Å². The molecular weight excluding hydrogens is 242 g/mol. The number of amidine groups is 1. The fourth-order valence-electron chi connectivity index (χ4n) is 1.55. The zero-order valence-electron chi connectivity index (χ0n) is 9.54. The quantitative estimate of drug-likeness (QED) is 0.879. The molecule has 1 saturated heterocycles. The van der Waals surface area contributed by atoms with Crippen LogP contribution in [0.3, 0.4) is 0 Å². The molecule has 1 unspecified atom stereocenters. The number of rotatable bonds is 2. The lowest BCUT2D eigenvalue weighted by molar-refractivity contribution is 0.507. The zero-order chi connectivity index (χ0) is 12.3. The van der Waals surface area contributed by atoms with Crippen molar-refractivity contribution in [3.8, 4) is 0 Å². The lowest BCUT2D eigenvalue weighted by Crippen LogP contribution is -2.35. The van der Waals surface area contributed by atoms with Gasteiger partial charge < -0.3 is 5.32 Å². The summed E-state index contributed by atoms with van der Waals surface area (Å²) >= 11 is 1.66. The van der Waals surface area contributed by atoms with E-state index in [4.69, 9.17) is 0 Å². The van der Waals surface area contributed by atoms with Gasteiger partial charge in [-0.25, -0.2) is 8.78 Å². The van der Waals surface area contributed by atoms with E-state index in [1.165, 1.54) is 6.07 Å². The third-order valence-corrected chi connectivity index (χ3v) is 3.51. The van der Waals surface area contributed by atoms with E-state index >= 15 is 0 Å². The topological polar surface area (TPSA) is 24.4 Å². The largest absolute Gasteiger partial charge is 0.362 e. The molecule has 0 aromatic heterocycles. The standard InChI is InChI=1S/C12H14F2N2S/c1-8-4-5-17-12(16-8)15-7-9-2-3-10(13)11(14)6-9/h2-3,6,8H,4-5,7H2,1H3,(H,15,16). The Morgan fingerprint density at radius 1 is 1.41 bits per heavy atom. The second-order valence-corrected chi connectivity index (χ2v) is 5.14. The van der Waals surface area contributed by atoms with Gasteiger partial charge in [-0.2, -0.15) is 0 Å². The summed E-state index contributed by atoms with van der Waals surface area (Å²) in [6.45, 7) is 2.48. The minimum absolute atomic E-state index is 0.374. The van der Waals surface area contributed by atoms with Gasteiger partial charge in [-0.3, -0.25) is 4.99 Å². The summed E-state index contributed by atoms with van der Waals surface area (Å²) in [5.74, 6) is -0.592. The molecule has 1 N–H and O–H groups in total. The normalized spacial score (nSPS) is 22.5. The van der Waals surface area contributed by atoms with Crippen LogP contribution >= 0.6 is 11.8 Å². The van der Waals surface area contributed by atoms with E-state index in [0.29, 0.717) is 18.2 Å². The van der Waals surface area contributed by atoms with Crippen molar-refractivity contribution >= 4 is 16.9 Å². The Morgan fingerprint density at radius 2 is 2.24 bits per heavy atom. The maximum Gasteiger partial charge on any atom is 0.159 e. The van der Waals surface area contributed by atoms with E-state index < -0.39 is 11.6 Å². The maximum atomic E-state index is 13.0. The molecule has 0 saturated carbocycles. The fraction of sp³-hybridized carbons (Fsp3) is 0.417. The Morgan fingerprint density at radius 3 is 2.94 bits per heavy atom. The number of benzene rings is 1. The van der Waals surface area contributed by atoms with Crippen molar-refractivity contribution in [3.63, 3.8) is 0 Å². The highest BCUT2D eigenvalue weighted by Gasteiger charge is 2.12. The van der Waals surface area contributed by atoms with Crippen LogP contribution in [0.15, 0.2) is 23.2 Å². The van der Waals surface area contributed by atoms with Crippen LogP contribution in [0.25, 0.3) is 0 Å². The average molecular weight is 256 g/mol. The lowest BCUT2D eigenvalue weighted by Gasteiger charge is -2.21. The summed E-state index contributed by atoms with van der Waals surface area (Å²) in [6.07, 6.45) is 1.12. The van der Waals surface area contributed by atoms with Gasteiger partial charge in [0.1, 0.15) is 0 Å². The molecule has 17 heavy (non-hydrogen) atoms. The van der Waals surface area contributed by atoms with Crippen LogP contribution in [0.5, 0.6) is 0 Å². The van der Waals surface area contributed by atoms with Crippen LogP contribution in [0.1, 0.15) is 18.9 Å². The predicted octanol–water partition coefficient (Wildman–Crippen LogP) is 2.94. The molecule has 0 radical (unpaired) electrons. The Kier molecular flexibility index (Phi) is 3.99. The van der Waals surface area contributed by atoms with E-state index in [2.05, 4.69) is 17.2 Å². The first kappa shape index (κ1) is 12.4. The number of aliphatic imine (C=N–C) groups is 1. The van der Waals surface area contributed by atoms with E-state index in [-0.39, 0.29) is 0 Å². The molecule has 0 amide bonds. The van der Waals surface area contributed by atoms with E-state index in [1.54, 1.807) is 17.8 Å². The zero-order valence-corrected chi connectivity index (χ0v) is 10.4. The van der Waals surface area contributed by atoms with Gasteiger partial charge in [0, 0.05) is 11.8 Å². The van der Waals surface area contributed by atoms with Crippen molar-refractivity contribution in [2.75, 3.05) is 5.75 Å². The average Bonchev–Trinajstić information content (AvgIpc) is 2.31. The predicted molar refractivity (Wildman–Crippen MR) is 67.2 cm³/mol. The Labute approximate surface area is 104 Å². The van der Waals surface area contributed by atoms with Crippen molar-refractivity contribution in [1.29, 1.82) is 0 Å². The van der Waals surface area contributed by atoms with Gasteiger partial charge in [0.05, 0.1) is 6.54 Å². The molecule has 0 spiro atoms. The first-order chi connectivity index (χ1) is 8.15. The van der Waals surface area contributed by atoms with Gasteiger partial charge in [-0.1, -0.05) is 17.8 Å². The summed E-state index contributed by atoms with van der Waals surface area (Å²) in [5.41, 5.74) is 0.678. The van der Waals surface area contributed by atoms with Crippen molar-refractivity contribution in [3.05, 3.63) is 35.4 Å². The first-order valence-corrected chi connectivity index (χ1v) is 6.51. The third kappa shape index (κ3) is 3.43. The summed E-state index contributed by atoms with van der Waals surface area (Å²) < 4.78 is 25.7. The van der Waals surface area contributed by atoms with Crippen molar-refractivity contribution in [2.45, 2.75) is 25.9 Å². The summed E-state index contributed by atoms with van der Waals surface area (Å²) in [4.78, 5) is 4.35. The molecule has 0 aliphatic carbocycles. The number of hydrogen-bond donors (Lipinski definition) is 1. The van der Waals surface area contributed by atoms with E-state index in [9.17, 15) is 8.78 Å². The monoisotopic (exact) mass is 256 g/mol. The van der Waals surface area contributed by atoms with Gasteiger partial charge in [0.25, 0.3) is 0 Å². The molecule has 2 nitrogen and oxygen atoms in total. The summed E-state index contributed by atoms with van der Waals surface area (Å²) in [6, 6.07) is 4.31. The van der Waals surface area contributed by atoms with Crippen LogP contribution in [-0.4, -0.2) is 17.0 Å². The second-order valence-electron chi connectivity index (χ2n) is 4.05. The summed E-state index contributed by atoms with van der Waals surface area (Å²) in [7, 11) is 0. The van der Waals surface area contributed by atoms with Crippen molar-refractivity contribution < 1.29 is 8.78 Å². The van der Waals surface area contributed by atoms with Crippen LogP contribution in [-0.2, 0) is 6.54 Å². The highest BCUT2D eigenvalue weighted by molar-refractivity contribution is 8.13. The minimum atomic E-state index is -0.819. The molecule has 1 atom stereocenters. The fourth-order valence-corrected chi connectivity index (χ4v) is 2.65. The maximum absolute atomic E-state index is 13.0. The smallest absolute Gasteiger partial charge is 0.159 e. The lowest BCUT2D eigenvalue weighted by atomic mass is 10.2. The highest BCUT2D eigenvalue weighted by Crippen LogP contribution is 2.15. The molecule has 1 aromatic rings. The molecule has 0 bridgehead atoms. The molecule has 92 valence electrons. The first-order valence-electron chi connectivity index (χ1n) is 5.53. The second kappa shape index (κ2) is 5.49. The molecule has 5 heteroatoms. The van der Waals surface area contributed by atoms with Gasteiger partial charge in [0.15, 0.2) is 16.8 Å². The molecule has 1 fully saturated rings. The van der Waals surface area contributed by atoms with Crippen LogP contribution < -0.4 is 5.32 Å². The Balaban J connectivity index is 2.01. The number of thioether (sulfide) groups is 1. The Bertz CT molecular complexity index is 435. The molecule has 1 aliphatic heterocycles. The van der Waals surface area contributed by atoms with Crippen molar-refractivity contribution in [2.24, 2.45) is 4.99 Å². The Hall–Kier alpha value is -1.10. The van der Waals surface area contributed by atoms with Crippen LogP contribution in [0.2, 0.25) is 0 Å². The highest BCUT2D eigenvalue weighted by atomic mass is 32.2. The number of nitrogens with one attached hydrogen (secondary N) is 1. The molecular formula is C12H14F2N2S. The van der Waals surface area contributed by atoms with Crippen molar-refractivity contribution in [1.82, 2.24) is 5.32 Å². The van der Waals surface area contributed by atoms with E-state index in [1.807, 2.05) is 0 Å². The molecule has 2 rings (SSSR count). The van der Waals surface area contributed by atoms with Crippen LogP contribution in [0, 0.1) is 11.6 Å². The number of hydrogen-bond acceptors (Lipinski definition) is 2. The van der Waals surface area contributed by atoms with Gasteiger partial charge in [0.2, 0.25) is 0 Å². The number of nitrogens with zero attached hydrogens (tertiary/aromatic N) is 1. The van der Waals surface area contributed by atoms with E-state index in [0.717, 1.165) is 23.4 Å². The summed E-state index contributed by atoms with van der Waals surface area (Å²) in [5, 5.41) is 4.14. The molecule has 1 heterocycles.